The van der Waals surface area contributed by atoms with Crippen LogP contribution in [0.15, 0.2) is 48.5 Å². The number of carbonyl (C=O) groups excluding carboxylic acids is 2. The van der Waals surface area contributed by atoms with Gasteiger partial charge in [0.25, 0.3) is 5.91 Å². The Morgan fingerprint density at radius 1 is 1.04 bits per heavy atom. The summed E-state index contributed by atoms with van der Waals surface area (Å²) in [4.78, 5) is 23.9. The van der Waals surface area contributed by atoms with E-state index in [9.17, 15) is 19.8 Å². The van der Waals surface area contributed by atoms with Crippen LogP contribution >= 0.6 is 0 Å². The average molecular weight is 386 g/mol. The minimum Gasteiger partial charge on any atom is -0.504 e. The highest BCUT2D eigenvalue weighted by Gasteiger charge is 2.20. The number of hydroxylamine groups is 1. The van der Waals surface area contributed by atoms with E-state index in [0.717, 1.165) is 0 Å². The monoisotopic (exact) mass is 386 g/mol. The van der Waals surface area contributed by atoms with E-state index < -0.39 is 25.0 Å². The van der Waals surface area contributed by atoms with E-state index in [1.165, 1.54) is 48.0 Å². The van der Waals surface area contributed by atoms with Crippen LogP contribution in [-0.2, 0) is 16.0 Å². The van der Waals surface area contributed by atoms with Gasteiger partial charge in [-0.15, -0.1) is 0 Å². The van der Waals surface area contributed by atoms with Crippen molar-refractivity contribution in [2.45, 2.75) is 12.5 Å². The van der Waals surface area contributed by atoms with Crippen molar-refractivity contribution in [1.82, 2.24) is 10.8 Å². The fraction of sp³-hybridized carbons (Fsp3) is 0.111. The Labute approximate surface area is 160 Å². The highest BCUT2D eigenvalue weighted by Crippen LogP contribution is 2.25. The third-order valence-corrected chi connectivity index (χ3v) is 3.88. The molecule has 2 aromatic rings. The standard InChI is InChI=1S/C18H19BN2O7/c22-15-7-3-12(10-16(15)23)9-14(18(25)21-28)20-17(24)8-4-11-1-5-13(6-2-11)19(26)27/h1-8,10,14,22-23,26-28H,9H2,(H,20,24)(H,21,25)/b8-4+/t14-/m0/s1. The van der Waals surface area contributed by atoms with E-state index in [0.29, 0.717) is 16.6 Å². The van der Waals surface area contributed by atoms with E-state index in [2.05, 4.69) is 5.32 Å². The van der Waals surface area contributed by atoms with Crippen LogP contribution < -0.4 is 16.3 Å². The maximum atomic E-state index is 12.1. The molecule has 0 unspecified atom stereocenters. The number of carbonyl (C=O) groups is 2. The fourth-order valence-corrected chi connectivity index (χ4v) is 2.39. The van der Waals surface area contributed by atoms with E-state index in [-0.39, 0.29) is 17.9 Å². The largest absolute Gasteiger partial charge is 0.504 e. The maximum absolute atomic E-state index is 12.1. The zero-order valence-corrected chi connectivity index (χ0v) is 14.6. The summed E-state index contributed by atoms with van der Waals surface area (Å²) in [5.74, 6) is -2.15. The topological polar surface area (TPSA) is 159 Å². The number of phenols is 2. The Bertz CT molecular complexity index is 869. The lowest BCUT2D eigenvalue weighted by Crippen LogP contribution is -2.46. The van der Waals surface area contributed by atoms with Gasteiger partial charge in [-0.2, -0.15) is 0 Å². The van der Waals surface area contributed by atoms with Crippen LogP contribution in [0.25, 0.3) is 6.08 Å². The van der Waals surface area contributed by atoms with Crippen molar-refractivity contribution < 1.29 is 35.1 Å². The fourth-order valence-electron chi connectivity index (χ4n) is 2.39. The summed E-state index contributed by atoms with van der Waals surface area (Å²) in [6.07, 6.45) is 2.60. The normalized spacial score (nSPS) is 11.8. The molecule has 0 aliphatic rings. The van der Waals surface area contributed by atoms with Gasteiger partial charge in [-0.05, 0) is 34.8 Å². The molecule has 2 amide bonds. The molecule has 9 nitrogen and oxygen atoms in total. The molecule has 0 spiro atoms. The number of nitrogens with one attached hydrogen (secondary N) is 2. The zero-order chi connectivity index (χ0) is 20.7. The van der Waals surface area contributed by atoms with Crippen LogP contribution in [0.5, 0.6) is 11.5 Å². The summed E-state index contributed by atoms with van der Waals surface area (Å²) in [6, 6.07) is 8.96. The van der Waals surface area contributed by atoms with Gasteiger partial charge >= 0.3 is 7.12 Å². The van der Waals surface area contributed by atoms with Gasteiger partial charge in [0.15, 0.2) is 11.5 Å². The highest BCUT2D eigenvalue weighted by molar-refractivity contribution is 6.58. The molecule has 0 aliphatic carbocycles. The Morgan fingerprint density at radius 2 is 1.71 bits per heavy atom. The van der Waals surface area contributed by atoms with Crippen molar-refractivity contribution in [2.24, 2.45) is 0 Å². The van der Waals surface area contributed by atoms with Crippen molar-refractivity contribution >= 4 is 30.5 Å². The first-order valence-electron chi connectivity index (χ1n) is 8.19. The Morgan fingerprint density at radius 3 is 2.29 bits per heavy atom. The van der Waals surface area contributed by atoms with Crippen molar-refractivity contribution in [3.05, 3.63) is 59.7 Å². The third-order valence-electron chi connectivity index (χ3n) is 3.88. The molecule has 0 aromatic heterocycles. The second kappa shape index (κ2) is 9.56. The molecule has 28 heavy (non-hydrogen) atoms. The lowest BCUT2D eigenvalue weighted by molar-refractivity contribution is -0.133. The zero-order valence-electron chi connectivity index (χ0n) is 14.6. The predicted molar refractivity (Wildman–Crippen MR) is 101 cm³/mol. The molecule has 0 saturated heterocycles. The van der Waals surface area contributed by atoms with Crippen LogP contribution in [0.2, 0.25) is 0 Å². The van der Waals surface area contributed by atoms with Gasteiger partial charge in [0.2, 0.25) is 5.91 Å². The lowest BCUT2D eigenvalue weighted by Gasteiger charge is -2.16. The van der Waals surface area contributed by atoms with Crippen LogP contribution in [0.4, 0.5) is 0 Å². The van der Waals surface area contributed by atoms with Gasteiger partial charge in [-0.1, -0.05) is 30.3 Å². The van der Waals surface area contributed by atoms with Gasteiger partial charge in [0.05, 0.1) is 0 Å². The highest BCUT2D eigenvalue weighted by atomic mass is 16.5. The molecular formula is C18H19BN2O7. The van der Waals surface area contributed by atoms with Gasteiger partial charge in [-0.25, -0.2) is 5.48 Å². The molecule has 2 aromatic carbocycles. The molecule has 0 aliphatic heterocycles. The summed E-state index contributed by atoms with van der Waals surface area (Å²) in [6.45, 7) is 0. The van der Waals surface area contributed by atoms with Crippen molar-refractivity contribution in [3.8, 4) is 11.5 Å². The van der Waals surface area contributed by atoms with Crippen molar-refractivity contribution in [1.29, 1.82) is 0 Å². The van der Waals surface area contributed by atoms with Crippen molar-refractivity contribution in [3.63, 3.8) is 0 Å². The molecule has 7 N–H and O–H groups in total. The number of hydrogen-bond donors (Lipinski definition) is 7. The molecule has 0 bridgehead atoms. The molecule has 0 radical (unpaired) electrons. The number of amides is 2. The molecule has 1 atom stereocenters. The Kier molecular flexibility index (Phi) is 7.16. The first-order chi connectivity index (χ1) is 13.3. The van der Waals surface area contributed by atoms with E-state index in [1.54, 1.807) is 12.1 Å². The van der Waals surface area contributed by atoms with E-state index in [1.807, 2.05) is 0 Å². The van der Waals surface area contributed by atoms with Crippen molar-refractivity contribution in [2.75, 3.05) is 0 Å². The summed E-state index contributed by atoms with van der Waals surface area (Å²) in [5.41, 5.74) is 2.84. The SMILES string of the molecule is O=C(/C=C/c1ccc(B(O)O)cc1)N[C@@H](Cc1ccc(O)c(O)c1)C(=O)NO. The average Bonchev–Trinajstić information content (AvgIpc) is 2.68. The lowest BCUT2D eigenvalue weighted by atomic mass is 9.80. The first-order valence-corrected chi connectivity index (χ1v) is 8.19. The van der Waals surface area contributed by atoms with E-state index in [4.69, 9.17) is 15.3 Å². The number of hydrogen-bond acceptors (Lipinski definition) is 7. The van der Waals surface area contributed by atoms with Gasteiger partial charge in [0, 0.05) is 12.5 Å². The van der Waals surface area contributed by atoms with Gasteiger partial charge in [-0.3, -0.25) is 14.8 Å². The minimum atomic E-state index is -1.58. The molecule has 10 heteroatoms. The third kappa shape index (κ3) is 5.84. The Hall–Kier alpha value is -3.34. The van der Waals surface area contributed by atoms with Gasteiger partial charge < -0.3 is 25.6 Å². The number of rotatable bonds is 7. The molecule has 2 rings (SSSR count). The van der Waals surface area contributed by atoms with Gasteiger partial charge in [0.1, 0.15) is 6.04 Å². The predicted octanol–water partition coefficient (Wildman–Crippen LogP) is -0.976. The Balaban J connectivity index is 2.05. The van der Waals surface area contributed by atoms with Crippen LogP contribution in [0, 0.1) is 0 Å². The number of phenolic OH excluding ortho intramolecular Hbond substituents is 2. The molecule has 0 heterocycles. The quantitative estimate of drug-likeness (QED) is 0.106. The molecular weight excluding hydrogens is 367 g/mol. The maximum Gasteiger partial charge on any atom is 0.488 e. The second-order valence-electron chi connectivity index (χ2n) is 5.94. The number of benzene rings is 2. The van der Waals surface area contributed by atoms with Crippen LogP contribution in [0.3, 0.4) is 0 Å². The molecule has 0 fully saturated rings. The summed E-state index contributed by atoms with van der Waals surface area (Å²) >= 11 is 0. The van der Waals surface area contributed by atoms with Crippen LogP contribution in [-0.4, -0.2) is 50.4 Å². The summed E-state index contributed by atoms with van der Waals surface area (Å²) in [7, 11) is -1.58. The van der Waals surface area contributed by atoms with E-state index >= 15 is 0 Å². The number of aromatic hydroxyl groups is 2. The first kappa shape index (κ1) is 21.0. The molecule has 146 valence electrons. The van der Waals surface area contributed by atoms with Crippen LogP contribution in [0.1, 0.15) is 11.1 Å². The summed E-state index contributed by atoms with van der Waals surface area (Å²) in [5, 5.41) is 48.2. The minimum absolute atomic E-state index is 0.0388. The summed E-state index contributed by atoms with van der Waals surface area (Å²) < 4.78 is 0. The smallest absolute Gasteiger partial charge is 0.488 e. The molecule has 0 saturated carbocycles. The second-order valence-corrected chi connectivity index (χ2v) is 5.94.